The molecule has 0 atom stereocenters. The molecule has 0 amide bonds. The van der Waals surface area contributed by atoms with Crippen LogP contribution in [0.4, 0.5) is 0 Å². The zero-order valence-corrected chi connectivity index (χ0v) is 17.5. The molecular weight excluding hydrogens is 384 g/mol. The lowest BCUT2D eigenvalue weighted by Gasteiger charge is -2.22. The van der Waals surface area contributed by atoms with Crippen molar-refractivity contribution >= 4 is 5.97 Å². The van der Waals surface area contributed by atoms with Crippen molar-refractivity contribution in [2.45, 2.75) is 19.8 Å². The lowest BCUT2D eigenvalue weighted by molar-refractivity contribution is 0.0693. The van der Waals surface area contributed by atoms with Crippen molar-refractivity contribution in [3.05, 3.63) is 124 Å². The van der Waals surface area contributed by atoms with E-state index >= 15 is 0 Å². The van der Waals surface area contributed by atoms with Gasteiger partial charge in [-0.2, -0.15) is 0 Å². The summed E-state index contributed by atoms with van der Waals surface area (Å²) in [6.07, 6.45) is 0. The molecule has 4 aromatic carbocycles. The zero-order chi connectivity index (χ0) is 22.0. The minimum Gasteiger partial charge on any atom is -0.507 e. The maximum absolute atomic E-state index is 12.0. The van der Waals surface area contributed by atoms with E-state index < -0.39 is 5.97 Å². The van der Waals surface area contributed by atoms with Gasteiger partial charge in [-0.1, -0.05) is 90.0 Å². The SMILES string of the molecule is Cc1ccc(C(c2ccc(C)cc2)c2cc(-c3ccccc3)cc(C(=O)O)c2O)cc1. The summed E-state index contributed by atoms with van der Waals surface area (Å²) < 4.78 is 0. The van der Waals surface area contributed by atoms with Gasteiger partial charge in [0, 0.05) is 11.5 Å². The summed E-state index contributed by atoms with van der Waals surface area (Å²) in [5.74, 6) is -1.65. The number of carbonyl (C=O) groups is 1. The van der Waals surface area contributed by atoms with Gasteiger partial charge in [0.2, 0.25) is 0 Å². The highest BCUT2D eigenvalue weighted by Crippen LogP contribution is 2.41. The van der Waals surface area contributed by atoms with Gasteiger partial charge in [0.15, 0.2) is 0 Å². The minimum atomic E-state index is -1.15. The monoisotopic (exact) mass is 408 g/mol. The number of carboxylic acids is 1. The molecule has 3 heteroatoms. The van der Waals surface area contributed by atoms with Gasteiger partial charge in [-0.25, -0.2) is 4.79 Å². The van der Waals surface area contributed by atoms with Crippen LogP contribution in [0, 0.1) is 13.8 Å². The van der Waals surface area contributed by atoms with Crippen LogP contribution >= 0.6 is 0 Å². The molecule has 0 unspecified atom stereocenters. The van der Waals surface area contributed by atoms with Crippen LogP contribution in [0.2, 0.25) is 0 Å². The summed E-state index contributed by atoms with van der Waals surface area (Å²) in [5, 5.41) is 20.8. The van der Waals surface area contributed by atoms with Crippen LogP contribution in [0.5, 0.6) is 5.75 Å². The smallest absolute Gasteiger partial charge is 0.339 e. The quantitative estimate of drug-likeness (QED) is 0.368. The number of hydrogen-bond donors (Lipinski definition) is 2. The second kappa shape index (κ2) is 8.49. The number of rotatable bonds is 5. The van der Waals surface area contributed by atoms with Crippen LogP contribution in [0.1, 0.15) is 44.1 Å². The zero-order valence-electron chi connectivity index (χ0n) is 17.5. The van der Waals surface area contributed by atoms with Crippen LogP contribution < -0.4 is 0 Å². The third-order valence-corrected chi connectivity index (χ3v) is 5.61. The van der Waals surface area contributed by atoms with Crippen molar-refractivity contribution in [3.8, 4) is 16.9 Å². The average Bonchev–Trinajstić information content (AvgIpc) is 2.78. The Balaban J connectivity index is 1.99. The molecule has 4 aromatic rings. The van der Waals surface area contributed by atoms with E-state index in [4.69, 9.17) is 0 Å². The molecular formula is C28H24O3. The molecule has 31 heavy (non-hydrogen) atoms. The van der Waals surface area contributed by atoms with E-state index in [2.05, 4.69) is 0 Å². The molecule has 4 rings (SSSR count). The number of carboxylic acid groups (broad SMARTS) is 1. The van der Waals surface area contributed by atoms with Gasteiger partial charge in [0.25, 0.3) is 0 Å². The second-order valence-electron chi connectivity index (χ2n) is 7.89. The lowest BCUT2D eigenvalue weighted by Crippen LogP contribution is -2.08. The first-order chi connectivity index (χ1) is 14.9. The number of phenols is 1. The van der Waals surface area contributed by atoms with Gasteiger partial charge >= 0.3 is 5.97 Å². The molecule has 0 aliphatic rings. The van der Waals surface area contributed by atoms with Gasteiger partial charge < -0.3 is 10.2 Å². The normalized spacial score (nSPS) is 10.9. The molecule has 0 fully saturated rings. The van der Waals surface area contributed by atoms with Gasteiger partial charge in [-0.05, 0) is 48.2 Å². The van der Waals surface area contributed by atoms with Crippen LogP contribution in [0.3, 0.4) is 0 Å². The predicted octanol–water partition coefficient (Wildman–Crippen LogP) is 6.55. The van der Waals surface area contributed by atoms with Crippen molar-refractivity contribution < 1.29 is 15.0 Å². The molecule has 0 spiro atoms. The highest BCUT2D eigenvalue weighted by Gasteiger charge is 2.25. The number of hydrogen-bond acceptors (Lipinski definition) is 2. The Kier molecular flexibility index (Phi) is 5.59. The highest BCUT2D eigenvalue weighted by atomic mass is 16.4. The van der Waals surface area contributed by atoms with E-state index in [0.717, 1.165) is 33.4 Å². The van der Waals surface area contributed by atoms with Crippen molar-refractivity contribution in [1.82, 2.24) is 0 Å². The second-order valence-corrected chi connectivity index (χ2v) is 7.89. The summed E-state index contributed by atoms with van der Waals surface area (Å²) >= 11 is 0. The van der Waals surface area contributed by atoms with Crippen molar-refractivity contribution in [3.63, 3.8) is 0 Å². The molecule has 0 bridgehead atoms. The Morgan fingerprint density at radius 3 is 1.71 bits per heavy atom. The lowest BCUT2D eigenvalue weighted by atomic mass is 9.82. The Morgan fingerprint density at radius 1 is 0.710 bits per heavy atom. The number of aromatic hydroxyl groups is 1. The number of aryl methyl sites for hydroxylation is 2. The van der Waals surface area contributed by atoms with Crippen molar-refractivity contribution in [2.24, 2.45) is 0 Å². The third kappa shape index (κ3) is 4.22. The first kappa shape index (κ1) is 20.4. The van der Waals surface area contributed by atoms with Gasteiger partial charge in [0.1, 0.15) is 11.3 Å². The number of benzene rings is 4. The van der Waals surface area contributed by atoms with Gasteiger partial charge in [-0.15, -0.1) is 0 Å². The average molecular weight is 408 g/mol. The highest BCUT2D eigenvalue weighted by molar-refractivity contribution is 5.93. The van der Waals surface area contributed by atoms with E-state index in [1.165, 1.54) is 6.07 Å². The van der Waals surface area contributed by atoms with Crippen molar-refractivity contribution in [1.29, 1.82) is 0 Å². The molecule has 0 aliphatic carbocycles. The summed E-state index contributed by atoms with van der Waals surface area (Å²) in [5.41, 5.74) is 6.40. The molecule has 0 saturated heterocycles. The largest absolute Gasteiger partial charge is 0.507 e. The molecule has 0 aromatic heterocycles. The molecule has 0 radical (unpaired) electrons. The molecule has 0 heterocycles. The fraction of sp³-hybridized carbons (Fsp3) is 0.107. The summed E-state index contributed by atoms with van der Waals surface area (Å²) in [6.45, 7) is 4.06. The fourth-order valence-corrected chi connectivity index (χ4v) is 3.91. The van der Waals surface area contributed by atoms with Crippen molar-refractivity contribution in [2.75, 3.05) is 0 Å². The standard InChI is InChI=1S/C28H24O3/c1-18-8-12-21(13-9-18)26(22-14-10-19(2)11-15-22)24-16-23(20-6-4-3-5-7-20)17-25(27(24)29)28(30)31/h3-17,26,29H,1-2H3,(H,30,31). The molecule has 0 aliphatic heterocycles. The Labute approximate surface area is 182 Å². The van der Waals surface area contributed by atoms with E-state index in [9.17, 15) is 15.0 Å². The third-order valence-electron chi connectivity index (χ3n) is 5.61. The number of aromatic carboxylic acids is 1. The summed E-state index contributed by atoms with van der Waals surface area (Å²) in [6, 6.07) is 29.4. The fourth-order valence-electron chi connectivity index (χ4n) is 3.91. The Hall–Kier alpha value is -3.85. The Morgan fingerprint density at radius 2 is 1.23 bits per heavy atom. The predicted molar refractivity (Wildman–Crippen MR) is 124 cm³/mol. The van der Waals surface area contributed by atoms with E-state index in [-0.39, 0.29) is 17.2 Å². The van der Waals surface area contributed by atoms with Crippen LogP contribution in [-0.2, 0) is 0 Å². The van der Waals surface area contributed by atoms with Crippen LogP contribution in [-0.4, -0.2) is 16.2 Å². The maximum Gasteiger partial charge on any atom is 0.339 e. The Bertz CT molecular complexity index is 1160. The van der Waals surface area contributed by atoms with E-state index in [1.54, 1.807) is 0 Å². The van der Waals surface area contributed by atoms with Gasteiger partial charge in [0.05, 0.1) is 0 Å². The maximum atomic E-state index is 12.0. The van der Waals surface area contributed by atoms with E-state index in [0.29, 0.717) is 5.56 Å². The summed E-state index contributed by atoms with van der Waals surface area (Å²) in [7, 11) is 0. The molecule has 0 saturated carbocycles. The van der Waals surface area contributed by atoms with E-state index in [1.807, 2.05) is 98.8 Å². The van der Waals surface area contributed by atoms with Crippen LogP contribution in [0.15, 0.2) is 91.0 Å². The minimum absolute atomic E-state index is 0.0967. The van der Waals surface area contributed by atoms with Gasteiger partial charge in [-0.3, -0.25) is 0 Å². The first-order valence-electron chi connectivity index (χ1n) is 10.2. The van der Waals surface area contributed by atoms with Crippen LogP contribution in [0.25, 0.3) is 11.1 Å². The topological polar surface area (TPSA) is 57.5 Å². The first-order valence-corrected chi connectivity index (χ1v) is 10.2. The molecule has 2 N–H and O–H groups in total. The molecule has 154 valence electrons. The summed E-state index contributed by atoms with van der Waals surface area (Å²) in [4.78, 5) is 12.0. The molecule has 3 nitrogen and oxygen atoms in total.